The van der Waals surface area contributed by atoms with E-state index < -0.39 is 17.4 Å². The van der Waals surface area contributed by atoms with Crippen LogP contribution < -0.4 is 24.4 Å². The van der Waals surface area contributed by atoms with E-state index in [1.165, 1.54) is 26.0 Å². The molecule has 1 heterocycles. The minimum absolute atomic E-state index is 0.0143. The summed E-state index contributed by atoms with van der Waals surface area (Å²) in [7, 11) is 0. The fourth-order valence-electron chi connectivity index (χ4n) is 2.60. The van der Waals surface area contributed by atoms with Crippen LogP contribution >= 0.6 is 0 Å². The third-order valence-electron chi connectivity index (χ3n) is 3.66. The molecule has 0 bridgehead atoms. The lowest BCUT2D eigenvalue weighted by Crippen LogP contribution is -2.10. The maximum Gasteiger partial charge on any atom is 0.308 e. The van der Waals surface area contributed by atoms with Crippen molar-refractivity contribution in [2.24, 2.45) is 0 Å². The molecule has 0 N–H and O–H groups in total. The van der Waals surface area contributed by atoms with Crippen LogP contribution in [0.1, 0.15) is 20.8 Å². The second kappa shape index (κ2) is 8.47. The Balaban J connectivity index is 2.03. The molecule has 0 aliphatic carbocycles. The number of carbonyl (C=O) groups excluding carboxylic acids is 2. The molecule has 0 fully saturated rings. The maximum absolute atomic E-state index is 12.9. The van der Waals surface area contributed by atoms with Crippen molar-refractivity contribution in [3.63, 3.8) is 0 Å². The van der Waals surface area contributed by atoms with Gasteiger partial charge in [-0.3, -0.25) is 14.4 Å². The van der Waals surface area contributed by atoms with Crippen LogP contribution in [0.3, 0.4) is 0 Å². The normalized spacial score (nSPS) is 10.4. The Morgan fingerprint density at radius 2 is 1.55 bits per heavy atom. The molecule has 2 aromatic carbocycles. The van der Waals surface area contributed by atoms with Gasteiger partial charge in [-0.1, -0.05) is 0 Å². The smallest absolute Gasteiger partial charge is 0.308 e. The third kappa shape index (κ3) is 4.73. The summed E-state index contributed by atoms with van der Waals surface area (Å²) in [5, 5.41) is -0.0143. The van der Waals surface area contributed by atoms with E-state index in [1.54, 1.807) is 24.3 Å². The molecular weight excluding hydrogens is 380 g/mol. The van der Waals surface area contributed by atoms with Gasteiger partial charge in [0.2, 0.25) is 11.2 Å². The van der Waals surface area contributed by atoms with Gasteiger partial charge < -0.3 is 23.4 Å². The van der Waals surface area contributed by atoms with Crippen molar-refractivity contribution in [2.75, 3.05) is 6.61 Å². The highest BCUT2D eigenvalue weighted by Crippen LogP contribution is 2.32. The van der Waals surface area contributed by atoms with Gasteiger partial charge in [-0.05, 0) is 31.2 Å². The van der Waals surface area contributed by atoms with Gasteiger partial charge in [0.05, 0.1) is 6.61 Å². The number of ether oxygens (including phenoxy) is 4. The second-order valence-electron chi connectivity index (χ2n) is 5.92. The van der Waals surface area contributed by atoms with Crippen molar-refractivity contribution in [1.82, 2.24) is 0 Å². The number of rotatable bonds is 6. The zero-order valence-corrected chi connectivity index (χ0v) is 16.0. The average Bonchev–Trinajstić information content (AvgIpc) is 2.64. The molecule has 0 radical (unpaired) electrons. The van der Waals surface area contributed by atoms with E-state index in [1.807, 2.05) is 6.92 Å². The molecule has 0 saturated heterocycles. The summed E-state index contributed by atoms with van der Waals surface area (Å²) in [6.45, 7) is 4.81. The number of hydrogen-bond donors (Lipinski definition) is 0. The molecule has 3 rings (SSSR count). The van der Waals surface area contributed by atoms with E-state index in [2.05, 4.69) is 0 Å². The lowest BCUT2D eigenvalue weighted by molar-refractivity contribution is -0.132. The molecule has 0 aliphatic heterocycles. The van der Waals surface area contributed by atoms with E-state index in [0.29, 0.717) is 18.1 Å². The zero-order valence-electron chi connectivity index (χ0n) is 16.0. The summed E-state index contributed by atoms with van der Waals surface area (Å²) in [6.07, 6.45) is 1.14. The predicted molar refractivity (Wildman–Crippen MR) is 103 cm³/mol. The molecule has 0 saturated carbocycles. The number of esters is 2. The molecule has 1 aromatic heterocycles. The van der Waals surface area contributed by atoms with E-state index in [4.69, 9.17) is 23.4 Å². The molecular formula is C21H18O8. The minimum Gasteiger partial charge on any atom is -0.494 e. The number of carbonyl (C=O) groups is 2. The Kier molecular flexibility index (Phi) is 5.82. The number of hydrogen-bond acceptors (Lipinski definition) is 8. The van der Waals surface area contributed by atoms with Gasteiger partial charge in [0.1, 0.15) is 40.2 Å². The largest absolute Gasteiger partial charge is 0.494 e. The van der Waals surface area contributed by atoms with E-state index in [9.17, 15) is 14.4 Å². The first kappa shape index (κ1) is 19.9. The van der Waals surface area contributed by atoms with Gasteiger partial charge >= 0.3 is 11.9 Å². The van der Waals surface area contributed by atoms with Crippen LogP contribution in [0.15, 0.2) is 51.9 Å². The standard InChI is InChI=1S/C21H18O8/c1-4-25-14-5-7-15(8-6-14)29-19-11-26-17-9-16(27-12(2)22)10-18(28-13(3)23)20(17)21(19)24/h5-11H,4H2,1-3H3. The van der Waals surface area contributed by atoms with Crippen molar-refractivity contribution in [1.29, 1.82) is 0 Å². The highest BCUT2D eigenvalue weighted by Gasteiger charge is 2.18. The Morgan fingerprint density at radius 3 is 2.17 bits per heavy atom. The Bertz CT molecular complexity index is 1110. The predicted octanol–water partition coefficient (Wildman–Crippen LogP) is 3.83. The van der Waals surface area contributed by atoms with Crippen LogP contribution in [0, 0.1) is 0 Å². The van der Waals surface area contributed by atoms with Crippen LogP contribution in [-0.2, 0) is 9.59 Å². The van der Waals surface area contributed by atoms with Crippen LogP contribution in [0.5, 0.6) is 28.7 Å². The van der Waals surface area contributed by atoms with Gasteiger partial charge in [0.15, 0.2) is 0 Å². The van der Waals surface area contributed by atoms with Crippen molar-refractivity contribution < 1.29 is 33.0 Å². The number of benzene rings is 2. The highest BCUT2D eigenvalue weighted by molar-refractivity contribution is 5.89. The molecule has 0 atom stereocenters. The summed E-state index contributed by atoms with van der Waals surface area (Å²) >= 11 is 0. The Hall–Kier alpha value is -3.81. The lowest BCUT2D eigenvalue weighted by atomic mass is 10.2. The molecule has 0 unspecified atom stereocenters. The summed E-state index contributed by atoms with van der Waals surface area (Å²) in [6, 6.07) is 9.32. The van der Waals surface area contributed by atoms with Gasteiger partial charge in [-0.25, -0.2) is 0 Å². The molecule has 0 aliphatic rings. The van der Waals surface area contributed by atoms with Crippen molar-refractivity contribution in [2.45, 2.75) is 20.8 Å². The van der Waals surface area contributed by atoms with Gasteiger partial charge in [-0.15, -0.1) is 0 Å². The van der Waals surface area contributed by atoms with Gasteiger partial charge in [0.25, 0.3) is 0 Å². The fraction of sp³-hybridized carbons (Fsp3) is 0.190. The zero-order chi connectivity index (χ0) is 21.0. The molecule has 3 aromatic rings. The monoisotopic (exact) mass is 398 g/mol. The molecule has 29 heavy (non-hydrogen) atoms. The minimum atomic E-state index is -0.650. The average molecular weight is 398 g/mol. The topological polar surface area (TPSA) is 101 Å². The van der Waals surface area contributed by atoms with Crippen molar-refractivity contribution in [3.05, 3.63) is 52.9 Å². The van der Waals surface area contributed by atoms with Crippen LogP contribution in [0.25, 0.3) is 11.0 Å². The summed E-state index contributed by atoms with van der Waals surface area (Å²) in [5.74, 6) is -0.289. The van der Waals surface area contributed by atoms with Crippen LogP contribution in [-0.4, -0.2) is 18.5 Å². The van der Waals surface area contributed by atoms with E-state index in [-0.39, 0.29) is 28.2 Å². The first-order chi connectivity index (χ1) is 13.9. The highest BCUT2D eigenvalue weighted by atomic mass is 16.5. The lowest BCUT2D eigenvalue weighted by Gasteiger charge is -2.10. The fourth-order valence-corrected chi connectivity index (χ4v) is 2.60. The summed E-state index contributed by atoms with van der Waals surface area (Å²) < 4.78 is 26.6. The van der Waals surface area contributed by atoms with Gasteiger partial charge in [-0.2, -0.15) is 0 Å². The third-order valence-corrected chi connectivity index (χ3v) is 3.66. The summed E-state index contributed by atoms with van der Waals surface area (Å²) in [4.78, 5) is 35.6. The van der Waals surface area contributed by atoms with Crippen molar-refractivity contribution >= 4 is 22.9 Å². The quantitative estimate of drug-likeness (QED) is 0.456. The first-order valence-corrected chi connectivity index (χ1v) is 8.74. The molecule has 0 spiro atoms. The van der Waals surface area contributed by atoms with Crippen LogP contribution in [0.2, 0.25) is 0 Å². The van der Waals surface area contributed by atoms with Crippen molar-refractivity contribution in [3.8, 4) is 28.7 Å². The Labute approximate surface area is 165 Å². The van der Waals surface area contributed by atoms with Gasteiger partial charge in [0, 0.05) is 26.0 Å². The number of fused-ring (bicyclic) bond motifs is 1. The molecule has 8 nitrogen and oxygen atoms in total. The SMILES string of the molecule is CCOc1ccc(Oc2coc3cc(OC(C)=O)cc(OC(C)=O)c3c2=O)cc1. The first-order valence-electron chi connectivity index (χ1n) is 8.74. The molecule has 150 valence electrons. The van der Waals surface area contributed by atoms with E-state index >= 15 is 0 Å². The van der Waals surface area contributed by atoms with E-state index in [0.717, 1.165) is 6.26 Å². The maximum atomic E-state index is 12.9. The second-order valence-corrected chi connectivity index (χ2v) is 5.92. The Morgan fingerprint density at radius 1 is 0.897 bits per heavy atom. The molecule has 0 amide bonds. The van der Waals surface area contributed by atoms with Crippen LogP contribution in [0.4, 0.5) is 0 Å². The molecule has 8 heteroatoms. The summed E-state index contributed by atoms with van der Waals surface area (Å²) in [5.41, 5.74) is -0.477.